The molecule has 22 heavy (non-hydrogen) atoms. The number of rotatable bonds is 3. The summed E-state index contributed by atoms with van der Waals surface area (Å²) in [6.45, 7) is 1.87. The molecule has 0 heterocycles. The predicted molar refractivity (Wildman–Crippen MR) is 89.5 cm³/mol. The first-order valence-electron chi connectivity index (χ1n) is 6.55. The van der Waals surface area contributed by atoms with Crippen LogP contribution < -0.4 is 15.4 Å². The van der Waals surface area contributed by atoms with Crippen molar-refractivity contribution in [2.75, 3.05) is 12.4 Å². The van der Waals surface area contributed by atoms with E-state index in [2.05, 4.69) is 10.6 Å². The van der Waals surface area contributed by atoms with Gasteiger partial charge in [0.15, 0.2) is 5.11 Å². The Hall–Kier alpha value is -2.60. The van der Waals surface area contributed by atoms with Crippen molar-refractivity contribution in [2.24, 2.45) is 0 Å². The lowest BCUT2D eigenvalue weighted by Crippen LogP contribution is -2.34. The molecule has 0 radical (unpaired) electrons. The number of nitrogens with one attached hydrogen (secondary N) is 2. The molecule has 0 aliphatic heterocycles. The van der Waals surface area contributed by atoms with Crippen LogP contribution in [0.2, 0.25) is 0 Å². The Morgan fingerprint density at radius 2 is 1.86 bits per heavy atom. The second kappa shape index (κ2) is 6.91. The summed E-state index contributed by atoms with van der Waals surface area (Å²) < 4.78 is 5.03. The third-order valence-electron chi connectivity index (χ3n) is 2.98. The summed E-state index contributed by atoms with van der Waals surface area (Å²) in [5.41, 5.74) is 1.82. The van der Waals surface area contributed by atoms with E-state index in [1.807, 2.05) is 13.0 Å². The summed E-state index contributed by atoms with van der Waals surface area (Å²) >= 11 is 5.07. The fourth-order valence-corrected chi connectivity index (χ4v) is 2.02. The highest BCUT2D eigenvalue weighted by atomic mass is 32.1. The van der Waals surface area contributed by atoms with Gasteiger partial charge in [0, 0.05) is 5.56 Å². The first kappa shape index (κ1) is 15.8. The van der Waals surface area contributed by atoms with E-state index in [0.717, 1.165) is 5.56 Å². The first-order valence-corrected chi connectivity index (χ1v) is 6.96. The molecule has 0 fully saturated rings. The fourth-order valence-electron chi connectivity index (χ4n) is 1.82. The van der Waals surface area contributed by atoms with E-state index in [4.69, 9.17) is 17.0 Å². The number of hydrogen-bond donors (Lipinski definition) is 3. The van der Waals surface area contributed by atoms with Gasteiger partial charge in [-0.2, -0.15) is 0 Å². The normalized spacial score (nSPS) is 9.91. The molecule has 0 aliphatic carbocycles. The number of carbonyl (C=O) groups excluding carboxylic acids is 1. The van der Waals surface area contributed by atoms with Gasteiger partial charge < -0.3 is 15.2 Å². The van der Waals surface area contributed by atoms with Gasteiger partial charge in [0.05, 0.1) is 12.8 Å². The minimum Gasteiger partial charge on any atom is -0.506 e. The summed E-state index contributed by atoms with van der Waals surface area (Å²) in [5, 5.41) is 15.3. The monoisotopic (exact) mass is 316 g/mol. The smallest absolute Gasteiger partial charge is 0.257 e. The summed E-state index contributed by atoms with van der Waals surface area (Å²) in [7, 11) is 1.56. The van der Waals surface area contributed by atoms with E-state index in [1.165, 1.54) is 0 Å². The maximum atomic E-state index is 12.0. The number of hydrogen-bond acceptors (Lipinski definition) is 4. The van der Waals surface area contributed by atoms with E-state index in [1.54, 1.807) is 43.5 Å². The summed E-state index contributed by atoms with van der Waals surface area (Å²) in [4.78, 5) is 12.0. The van der Waals surface area contributed by atoms with Crippen LogP contribution in [0.3, 0.4) is 0 Å². The molecule has 0 saturated heterocycles. The average Bonchev–Trinajstić information content (AvgIpc) is 2.50. The number of thiocarbonyl (C=S) groups is 1. The van der Waals surface area contributed by atoms with Crippen molar-refractivity contribution < 1.29 is 14.6 Å². The molecule has 0 bridgehead atoms. The van der Waals surface area contributed by atoms with Crippen molar-refractivity contribution in [3.63, 3.8) is 0 Å². The lowest BCUT2D eigenvalue weighted by atomic mass is 10.2. The number of aryl methyl sites for hydroxylation is 1. The zero-order valence-electron chi connectivity index (χ0n) is 12.2. The Morgan fingerprint density at radius 3 is 2.45 bits per heavy atom. The third kappa shape index (κ3) is 3.95. The molecule has 0 saturated carbocycles. The summed E-state index contributed by atoms with van der Waals surface area (Å²) in [6, 6.07) is 11.8. The first-order chi connectivity index (χ1) is 10.5. The van der Waals surface area contributed by atoms with E-state index in [-0.39, 0.29) is 16.8 Å². The van der Waals surface area contributed by atoms with Crippen LogP contribution in [-0.4, -0.2) is 23.2 Å². The Balaban J connectivity index is 2.00. The number of methoxy groups -OCH3 is 1. The van der Waals surface area contributed by atoms with Gasteiger partial charge in [-0.1, -0.05) is 6.07 Å². The lowest BCUT2D eigenvalue weighted by Gasteiger charge is -2.11. The third-order valence-corrected chi connectivity index (χ3v) is 3.18. The molecule has 2 rings (SSSR count). The van der Waals surface area contributed by atoms with E-state index >= 15 is 0 Å². The molecule has 2 aromatic carbocycles. The molecule has 0 spiro atoms. The Labute approximate surface area is 133 Å². The molecule has 0 atom stereocenters. The average molecular weight is 316 g/mol. The zero-order chi connectivity index (χ0) is 16.1. The van der Waals surface area contributed by atoms with Gasteiger partial charge in [0.1, 0.15) is 11.5 Å². The Morgan fingerprint density at radius 1 is 1.18 bits per heavy atom. The zero-order valence-corrected chi connectivity index (χ0v) is 13.0. The maximum Gasteiger partial charge on any atom is 0.257 e. The quantitative estimate of drug-likeness (QED) is 0.600. The lowest BCUT2D eigenvalue weighted by molar-refractivity contribution is 0.0977. The number of phenolic OH excluding ortho intramolecular Hbond substituents is 1. The summed E-state index contributed by atoms with van der Waals surface area (Å²) in [5.74, 6) is 0.398. The van der Waals surface area contributed by atoms with Crippen LogP contribution in [0.5, 0.6) is 11.5 Å². The number of benzene rings is 2. The van der Waals surface area contributed by atoms with Crippen LogP contribution in [0.1, 0.15) is 15.9 Å². The molecule has 6 heteroatoms. The van der Waals surface area contributed by atoms with Gasteiger partial charge in [0.2, 0.25) is 0 Å². The Bertz CT molecular complexity index is 699. The van der Waals surface area contributed by atoms with Crippen LogP contribution in [-0.2, 0) is 0 Å². The predicted octanol–water partition coefficient (Wildman–Crippen LogP) is 2.84. The van der Waals surface area contributed by atoms with Gasteiger partial charge in [-0.15, -0.1) is 0 Å². The molecule has 0 aromatic heterocycles. The van der Waals surface area contributed by atoms with Gasteiger partial charge in [-0.05, 0) is 61.1 Å². The highest BCUT2D eigenvalue weighted by Gasteiger charge is 2.09. The second-order valence-electron chi connectivity index (χ2n) is 4.66. The minimum atomic E-state index is -0.341. The molecule has 0 aliphatic rings. The molecule has 3 N–H and O–H groups in total. The van der Waals surface area contributed by atoms with Gasteiger partial charge in [-0.3, -0.25) is 10.1 Å². The van der Waals surface area contributed by atoms with Crippen molar-refractivity contribution >= 4 is 28.9 Å². The topological polar surface area (TPSA) is 70.6 Å². The SMILES string of the molecule is COc1ccc(C(=O)NC(=S)Nc2ccc(C)cc2O)cc1. The van der Waals surface area contributed by atoms with Crippen molar-refractivity contribution in [1.82, 2.24) is 5.32 Å². The second-order valence-corrected chi connectivity index (χ2v) is 5.07. The minimum absolute atomic E-state index is 0.0704. The summed E-state index contributed by atoms with van der Waals surface area (Å²) in [6.07, 6.45) is 0. The molecule has 5 nitrogen and oxygen atoms in total. The molecular weight excluding hydrogens is 300 g/mol. The van der Waals surface area contributed by atoms with Crippen LogP contribution in [0.25, 0.3) is 0 Å². The van der Waals surface area contributed by atoms with Crippen LogP contribution >= 0.6 is 12.2 Å². The number of aromatic hydroxyl groups is 1. The molecule has 0 unspecified atom stereocenters. The van der Waals surface area contributed by atoms with Gasteiger partial charge in [-0.25, -0.2) is 0 Å². The van der Waals surface area contributed by atoms with Crippen molar-refractivity contribution in [2.45, 2.75) is 6.92 Å². The van der Waals surface area contributed by atoms with E-state index in [9.17, 15) is 9.90 Å². The van der Waals surface area contributed by atoms with E-state index < -0.39 is 0 Å². The standard InChI is InChI=1S/C16H16N2O3S/c1-10-3-8-13(14(19)9-10)17-16(22)18-15(20)11-4-6-12(21-2)7-5-11/h3-9,19H,1-2H3,(H2,17,18,20,22). The van der Waals surface area contributed by atoms with Gasteiger partial charge in [0.25, 0.3) is 5.91 Å². The molecule has 2 aromatic rings. The van der Waals surface area contributed by atoms with Crippen molar-refractivity contribution in [3.8, 4) is 11.5 Å². The molecule has 1 amide bonds. The Kier molecular flexibility index (Phi) is 4.95. The number of ether oxygens (including phenoxy) is 1. The number of amides is 1. The number of anilines is 1. The van der Waals surface area contributed by atoms with E-state index in [0.29, 0.717) is 17.0 Å². The maximum absolute atomic E-state index is 12.0. The molecule has 114 valence electrons. The van der Waals surface area contributed by atoms with Crippen molar-refractivity contribution in [3.05, 3.63) is 53.6 Å². The van der Waals surface area contributed by atoms with Crippen LogP contribution in [0, 0.1) is 6.92 Å². The van der Waals surface area contributed by atoms with Crippen molar-refractivity contribution in [1.29, 1.82) is 0 Å². The van der Waals surface area contributed by atoms with Gasteiger partial charge >= 0.3 is 0 Å². The number of phenols is 1. The van der Waals surface area contributed by atoms with Crippen LogP contribution in [0.15, 0.2) is 42.5 Å². The van der Waals surface area contributed by atoms with Crippen LogP contribution in [0.4, 0.5) is 5.69 Å². The number of carbonyl (C=O) groups is 1. The fraction of sp³-hybridized carbons (Fsp3) is 0.125. The molecular formula is C16H16N2O3S. The largest absolute Gasteiger partial charge is 0.506 e. The highest BCUT2D eigenvalue weighted by molar-refractivity contribution is 7.80. The highest BCUT2D eigenvalue weighted by Crippen LogP contribution is 2.23.